The summed E-state index contributed by atoms with van der Waals surface area (Å²) in [6.45, 7) is 1.12. The lowest BCUT2D eigenvalue weighted by molar-refractivity contribution is 0.575. The predicted octanol–water partition coefficient (Wildman–Crippen LogP) is 1.96. The van der Waals surface area contributed by atoms with E-state index in [4.69, 9.17) is 5.73 Å². The molecule has 0 amide bonds. The van der Waals surface area contributed by atoms with E-state index in [1.807, 2.05) is 18.4 Å². The highest BCUT2D eigenvalue weighted by Gasteiger charge is 2.12. The van der Waals surface area contributed by atoms with Crippen molar-refractivity contribution in [3.8, 4) is 0 Å². The fourth-order valence-corrected chi connectivity index (χ4v) is 3.27. The third kappa shape index (κ3) is 5.95. The van der Waals surface area contributed by atoms with Gasteiger partial charge in [-0.15, -0.1) is 0 Å². The SMILES string of the molecule is CSCc1ccc(S(=O)(=O)NCCCCCN)cc1. The Labute approximate surface area is 120 Å². The van der Waals surface area contributed by atoms with Crippen LogP contribution in [0.4, 0.5) is 0 Å². The van der Waals surface area contributed by atoms with Crippen molar-refractivity contribution in [2.75, 3.05) is 19.3 Å². The molecule has 1 aromatic rings. The summed E-state index contributed by atoms with van der Waals surface area (Å²) in [5.41, 5.74) is 6.52. The Morgan fingerprint density at radius 2 is 1.84 bits per heavy atom. The summed E-state index contributed by atoms with van der Waals surface area (Å²) in [5, 5.41) is 0. The Hall–Kier alpha value is -0.560. The van der Waals surface area contributed by atoms with Gasteiger partial charge in [0.25, 0.3) is 0 Å². The van der Waals surface area contributed by atoms with Gasteiger partial charge in [-0.1, -0.05) is 18.6 Å². The summed E-state index contributed by atoms with van der Waals surface area (Å²) in [4.78, 5) is 0.330. The molecule has 1 aromatic carbocycles. The van der Waals surface area contributed by atoms with Crippen molar-refractivity contribution in [3.63, 3.8) is 0 Å². The molecule has 0 saturated heterocycles. The first-order valence-corrected chi connectivity index (χ1v) is 9.25. The smallest absolute Gasteiger partial charge is 0.240 e. The zero-order valence-electron chi connectivity index (χ0n) is 11.3. The number of hydrogen-bond donors (Lipinski definition) is 2. The van der Waals surface area contributed by atoms with Crippen LogP contribution in [-0.2, 0) is 15.8 Å². The number of hydrogen-bond acceptors (Lipinski definition) is 4. The van der Waals surface area contributed by atoms with Crippen LogP contribution in [0.25, 0.3) is 0 Å². The van der Waals surface area contributed by atoms with Gasteiger partial charge in [0.1, 0.15) is 0 Å². The van der Waals surface area contributed by atoms with Gasteiger partial charge in [-0.2, -0.15) is 11.8 Å². The highest BCUT2D eigenvalue weighted by molar-refractivity contribution is 7.97. The van der Waals surface area contributed by atoms with Crippen LogP contribution in [0.5, 0.6) is 0 Å². The molecule has 6 heteroatoms. The van der Waals surface area contributed by atoms with E-state index < -0.39 is 10.0 Å². The molecule has 0 fully saturated rings. The van der Waals surface area contributed by atoms with E-state index in [-0.39, 0.29) is 0 Å². The fraction of sp³-hybridized carbons (Fsp3) is 0.538. The molecule has 108 valence electrons. The van der Waals surface area contributed by atoms with Crippen LogP contribution < -0.4 is 10.5 Å². The quantitative estimate of drug-likeness (QED) is 0.684. The molecule has 4 nitrogen and oxygen atoms in total. The Kier molecular flexibility index (Phi) is 7.45. The summed E-state index contributed by atoms with van der Waals surface area (Å²) < 4.78 is 26.6. The third-order valence-corrected chi connectivity index (χ3v) is 4.82. The zero-order chi connectivity index (χ0) is 14.1. The molecule has 0 saturated carbocycles. The molecule has 0 heterocycles. The first-order valence-electron chi connectivity index (χ1n) is 6.38. The summed E-state index contributed by atoms with van der Waals surface area (Å²) in [6.07, 6.45) is 4.73. The molecular weight excluding hydrogens is 280 g/mol. The number of nitrogens with two attached hydrogens (primary N) is 1. The average molecular weight is 302 g/mol. The molecule has 0 aromatic heterocycles. The number of rotatable bonds is 9. The zero-order valence-corrected chi connectivity index (χ0v) is 12.9. The molecule has 0 aliphatic rings. The van der Waals surface area contributed by atoms with Crippen LogP contribution in [0.1, 0.15) is 24.8 Å². The summed E-state index contributed by atoms with van der Waals surface area (Å²) in [5.74, 6) is 0.896. The van der Waals surface area contributed by atoms with E-state index in [0.717, 1.165) is 30.6 Å². The minimum Gasteiger partial charge on any atom is -0.330 e. The molecule has 0 radical (unpaired) electrons. The maximum atomic E-state index is 12.0. The number of benzene rings is 1. The lowest BCUT2D eigenvalue weighted by Crippen LogP contribution is -2.24. The van der Waals surface area contributed by atoms with Crippen LogP contribution in [0.2, 0.25) is 0 Å². The number of unbranched alkanes of at least 4 members (excludes halogenated alkanes) is 2. The molecule has 0 atom stereocenters. The normalized spacial score (nSPS) is 11.7. The lowest BCUT2D eigenvalue weighted by Gasteiger charge is -2.07. The molecule has 0 spiro atoms. The fourth-order valence-electron chi connectivity index (χ4n) is 1.67. The largest absolute Gasteiger partial charge is 0.330 e. The Bertz CT molecular complexity index is 458. The number of nitrogens with one attached hydrogen (secondary N) is 1. The summed E-state index contributed by atoms with van der Waals surface area (Å²) in [6, 6.07) is 7.04. The second-order valence-electron chi connectivity index (χ2n) is 4.32. The Morgan fingerprint density at radius 1 is 1.16 bits per heavy atom. The van der Waals surface area contributed by atoms with Gasteiger partial charge in [0, 0.05) is 12.3 Å². The lowest BCUT2D eigenvalue weighted by atomic mass is 10.2. The first kappa shape index (κ1) is 16.5. The predicted molar refractivity (Wildman–Crippen MR) is 81.8 cm³/mol. The van der Waals surface area contributed by atoms with E-state index in [2.05, 4.69) is 4.72 Å². The van der Waals surface area contributed by atoms with E-state index in [1.54, 1.807) is 23.9 Å². The van der Waals surface area contributed by atoms with Crippen molar-refractivity contribution in [3.05, 3.63) is 29.8 Å². The monoisotopic (exact) mass is 302 g/mol. The van der Waals surface area contributed by atoms with E-state index in [0.29, 0.717) is 18.0 Å². The van der Waals surface area contributed by atoms with Crippen molar-refractivity contribution in [1.29, 1.82) is 0 Å². The highest BCUT2D eigenvalue weighted by atomic mass is 32.2. The minimum atomic E-state index is -3.37. The topological polar surface area (TPSA) is 72.2 Å². The molecule has 0 aliphatic heterocycles. The van der Waals surface area contributed by atoms with Gasteiger partial charge in [-0.05, 0) is 43.3 Å². The van der Waals surface area contributed by atoms with Gasteiger partial charge >= 0.3 is 0 Å². The molecular formula is C13H22N2O2S2. The van der Waals surface area contributed by atoms with Crippen molar-refractivity contribution in [2.24, 2.45) is 5.73 Å². The Balaban J connectivity index is 2.52. The van der Waals surface area contributed by atoms with Crippen molar-refractivity contribution in [1.82, 2.24) is 4.72 Å². The van der Waals surface area contributed by atoms with Crippen LogP contribution in [0.15, 0.2) is 29.2 Å². The van der Waals surface area contributed by atoms with E-state index in [9.17, 15) is 8.42 Å². The molecule has 19 heavy (non-hydrogen) atoms. The summed E-state index contributed by atoms with van der Waals surface area (Å²) in [7, 11) is -3.37. The number of thioether (sulfide) groups is 1. The van der Waals surface area contributed by atoms with Gasteiger partial charge < -0.3 is 5.73 Å². The van der Waals surface area contributed by atoms with Crippen LogP contribution in [0.3, 0.4) is 0 Å². The van der Waals surface area contributed by atoms with Crippen molar-refractivity contribution < 1.29 is 8.42 Å². The van der Waals surface area contributed by atoms with Crippen LogP contribution in [-0.4, -0.2) is 27.8 Å². The molecule has 1 rings (SSSR count). The second-order valence-corrected chi connectivity index (χ2v) is 6.96. The maximum Gasteiger partial charge on any atom is 0.240 e. The molecule has 0 bridgehead atoms. The standard InChI is InChI=1S/C13H22N2O2S2/c1-18-11-12-5-7-13(8-6-12)19(16,17)15-10-4-2-3-9-14/h5-8,15H,2-4,9-11,14H2,1H3. The first-order chi connectivity index (χ1) is 9.10. The Morgan fingerprint density at radius 3 is 2.42 bits per heavy atom. The molecule has 0 unspecified atom stereocenters. The minimum absolute atomic E-state index is 0.330. The van der Waals surface area contributed by atoms with Crippen molar-refractivity contribution in [2.45, 2.75) is 29.9 Å². The van der Waals surface area contributed by atoms with Crippen LogP contribution >= 0.6 is 11.8 Å². The van der Waals surface area contributed by atoms with Crippen molar-refractivity contribution >= 4 is 21.8 Å². The van der Waals surface area contributed by atoms with Gasteiger partial charge in [0.05, 0.1) is 4.90 Å². The van der Waals surface area contributed by atoms with Gasteiger partial charge in [0.15, 0.2) is 0 Å². The van der Waals surface area contributed by atoms with E-state index in [1.165, 1.54) is 0 Å². The molecule has 3 N–H and O–H groups in total. The highest BCUT2D eigenvalue weighted by Crippen LogP contribution is 2.14. The van der Waals surface area contributed by atoms with Gasteiger partial charge in [-0.25, -0.2) is 13.1 Å². The summed E-state index contributed by atoms with van der Waals surface area (Å²) >= 11 is 1.71. The second kappa shape index (κ2) is 8.58. The molecule has 0 aliphatic carbocycles. The maximum absolute atomic E-state index is 12.0. The average Bonchev–Trinajstić information content (AvgIpc) is 2.39. The van der Waals surface area contributed by atoms with Crippen LogP contribution in [0, 0.1) is 0 Å². The van der Waals surface area contributed by atoms with Gasteiger partial charge in [-0.3, -0.25) is 0 Å². The third-order valence-electron chi connectivity index (χ3n) is 2.72. The van der Waals surface area contributed by atoms with Gasteiger partial charge in [0.2, 0.25) is 10.0 Å². The van der Waals surface area contributed by atoms with E-state index >= 15 is 0 Å². The number of sulfonamides is 1.